The van der Waals surface area contributed by atoms with E-state index in [1.807, 2.05) is 0 Å². The standard InChI is InChI=1S/C11H19NO2/c1-6-8-7(9(8)10(13)14)5-12(6)11(2,3)4/h6-9H,5H2,1-4H3,(H,13,14)/t6?,7-,8+,9+/m1/s1. The third-order valence-corrected chi connectivity index (χ3v) is 3.83. The molecule has 0 amide bonds. The van der Waals surface area contributed by atoms with Crippen LogP contribution in [0.3, 0.4) is 0 Å². The lowest BCUT2D eigenvalue weighted by Gasteiger charge is -2.37. The monoisotopic (exact) mass is 197 g/mol. The van der Waals surface area contributed by atoms with Gasteiger partial charge in [-0.2, -0.15) is 0 Å². The smallest absolute Gasteiger partial charge is 0.307 e. The molecule has 0 aromatic carbocycles. The van der Waals surface area contributed by atoms with Gasteiger partial charge in [-0.15, -0.1) is 0 Å². The summed E-state index contributed by atoms with van der Waals surface area (Å²) in [4.78, 5) is 13.3. The molecule has 2 aliphatic rings. The van der Waals surface area contributed by atoms with Gasteiger partial charge in [0.15, 0.2) is 0 Å². The molecule has 0 radical (unpaired) electrons. The van der Waals surface area contributed by atoms with Crippen LogP contribution in [0.2, 0.25) is 0 Å². The molecule has 0 aromatic heterocycles. The van der Waals surface area contributed by atoms with Gasteiger partial charge < -0.3 is 5.11 Å². The molecule has 0 bridgehead atoms. The molecule has 1 aliphatic heterocycles. The third-order valence-electron chi connectivity index (χ3n) is 3.83. The molecule has 4 atom stereocenters. The van der Waals surface area contributed by atoms with E-state index < -0.39 is 5.97 Å². The number of hydrogen-bond donors (Lipinski definition) is 1. The normalized spacial score (nSPS) is 42.3. The Balaban J connectivity index is 2.05. The van der Waals surface area contributed by atoms with Crippen LogP contribution in [0.4, 0.5) is 0 Å². The number of carbonyl (C=O) groups is 1. The Bertz CT molecular complexity index is 269. The average Bonchev–Trinajstić information content (AvgIpc) is 2.62. The fourth-order valence-corrected chi connectivity index (χ4v) is 3.13. The van der Waals surface area contributed by atoms with E-state index in [1.54, 1.807) is 0 Å². The van der Waals surface area contributed by atoms with Crippen molar-refractivity contribution in [3.8, 4) is 0 Å². The van der Waals surface area contributed by atoms with E-state index >= 15 is 0 Å². The second-order valence-electron chi connectivity index (χ2n) is 5.67. The zero-order chi connectivity index (χ0) is 10.7. The fraction of sp³-hybridized carbons (Fsp3) is 0.909. The fourth-order valence-electron chi connectivity index (χ4n) is 3.13. The van der Waals surface area contributed by atoms with E-state index in [9.17, 15) is 4.79 Å². The number of hydrogen-bond acceptors (Lipinski definition) is 2. The van der Waals surface area contributed by atoms with Gasteiger partial charge in [0.25, 0.3) is 0 Å². The van der Waals surface area contributed by atoms with Crippen molar-refractivity contribution in [2.75, 3.05) is 6.54 Å². The summed E-state index contributed by atoms with van der Waals surface area (Å²) in [5, 5.41) is 8.95. The van der Waals surface area contributed by atoms with Crippen molar-refractivity contribution >= 4 is 5.97 Å². The summed E-state index contributed by atoms with van der Waals surface area (Å²) < 4.78 is 0. The topological polar surface area (TPSA) is 40.5 Å². The van der Waals surface area contributed by atoms with Crippen LogP contribution >= 0.6 is 0 Å². The van der Waals surface area contributed by atoms with Crippen molar-refractivity contribution in [1.82, 2.24) is 4.90 Å². The molecule has 1 saturated carbocycles. The minimum Gasteiger partial charge on any atom is -0.481 e. The van der Waals surface area contributed by atoms with Crippen LogP contribution in [0.5, 0.6) is 0 Å². The first-order chi connectivity index (χ1) is 6.34. The Kier molecular flexibility index (Phi) is 1.94. The van der Waals surface area contributed by atoms with Gasteiger partial charge in [-0.05, 0) is 39.5 Å². The lowest BCUT2D eigenvalue weighted by molar-refractivity contribution is -0.140. The Morgan fingerprint density at radius 2 is 2.00 bits per heavy atom. The summed E-state index contributed by atoms with van der Waals surface area (Å²) in [6, 6.07) is 0.432. The molecule has 0 spiro atoms. The van der Waals surface area contributed by atoms with E-state index in [0.717, 1.165) is 6.54 Å². The largest absolute Gasteiger partial charge is 0.481 e. The quantitative estimate of drug-likeness (QED) is 0.691. The molecule has 1 unspecified atom stereocenters. The Hall–Kier alpha value is -0.570. The van der Waals surface area contributed by atoms with Crippen LogP contribution in [0, 0.1) is 17.8 Å². The molecule has 1 N–H and O–H groups in total. The van der Waals surface area contributed by atoms with Gasteiger partial charge in [-0.1, -0.05) is 0 Å². The zero-order valence-corrected chi connectivity index (χ0v) is 9.32. The molecule has 1 heterocycles. The highest BCUT2D eigenvalue weighted by atomic mass is 16.4. The van der Waals surface area contributed by atoms with Crippen LogP contribution in [0.1, 0.15) is 27.7 Å². The van der Waals surface area contributed by atoms with E-state index in [-0.39, 0.29) is 11.5 Å². The maximum absolute atomic E-state index is 10.9. The molecule has 2 rings (SSSR count). The van der Waals surface area contributed by atoms with E-state index in [2.05, 4.69) is 32.6 Å². The molecule has 1 saturated heterocycles. The van der Waals surface area contributed by atoms with Crippen molar-refractivity contribution in [1.29, 1.82) is 0 Å². The number of carboxylic acids is 1. The second kappa shape index (κ2) is 2.72. The van der Waals surface area contributed by atoms with Crippen LogP contribution in [-0.2, 0) is 4.79 Å². The first-order valence-electron chi connectivity index (χ1n) is 5.33. The molecular formula is C11H19NO2. The lowest BCUT2D eigenvalue weighted by Crippen LogP contribution is -2.46. The maximum Gasteiger partial charge on any atom is 0.307 e. The average molecular weight is 197 g/mol. The molecule has 1 aliphatic carbocycles. The highest BCUT2D eigenvalue weighted by molar-refractivity contribution is 5.75. The number of aliphatic carboxylic acids is 1. The number of piperidine rings is 1. The highest BCUT2D eigenvalue weighted by Gasteiger charge is 2.64. The maximum atomic E-state index is 10.9. The van der Waals surface area contributed by atoms with Gasteiger partial charge in [0, 0.05) is 18.1 Å². The van der Waals surface area contributed by atoms with Gasteiger partial charge >= 0.3 is 5.97 Å². The predicted octanol–water partition coefficient (Wildman–Crippen LogP) is 1.44. The summed E-state index contributed by atoms with van der Waals surface area (Å²) in [5.74, 6) is 0.178. The molecule has 80 valence electrons. The van der Waals surface area contributed by atoms with Crippen molar-refractivity contribution in [3.63, 3.8) is 0 Å². The molecular weight excluding hydrogens is 178 g/mol. The van der Waals surface area contributed by atoms with Crippen LogP contribution < -0.4 is 0 Å². The minimum absolute atomic E-state index is 0.0522. The predicted molar refractivity (Wildman–Crippen MR) is 54.0 cm³/mol. The molecule has 0 aromatic rings. The van der Waals surface area contributed by atoms with Crippen molar-refractivity contribution in [2.45, 2.75) is 39.3 Å². The Morgan fingerprint density at radius 3 is 2.29 bits per heavy atom. The third kappa shape index (κ3) is 1.26. The van der Waals surface area contributed by atoms with E-state index in [0.29, 0.717) is 17.9 Å². The van der Waals surface area contributed by atoms with Gasteiger partial charge in [0.05, 0.1) is 5.92 Å². The highest BCUT2D eigenvalue weighted by Crippen LogP contribution is 2.56. The van der Waals surface area contributed by atoms with Crippen LogP contribution in [-0.4, -0.2) is 34.1 Å². The van der Waals surface area contributed by atoms with Crippen molar-refractivity contribution in [3.05, 3.63) is 0 Å². The van der Waals surface area contributed by atoms with Crippen molar-refractivity contribution in [2.24, 2.45) is 17.8 Å². The second-order valence-corrected chi connectivity index (χ2v) is 5.67. The van der Waals surface area contributed by atoms with Gasteiger partial charge in [-0.25, -0.2) is 0 Å². The minimum atomic E-state index is -0.597. The molecule has 14 heavy (non-hydrogen) atoms. The number of likely N-dealkylation sites (tertiary alicyclic amines) is 1. The van der Waals surface area contributed by atoms with E-state index in [1.165, 1.54) is 0 Å². The Labute approximate surface area is 85.1 Å². The van der Waals surface area contributed by atoms with Gasteiger partial charge in [-0.3, -0.25) is 9.69 Å². The number of rotatable bonds is 1. The van der Waals surface area contributed by atoms with Crippen LogP contribution in [0.25, 0.3) is 0 Å². The molecule has 3 nitrogen and oxygen atoms in total. The molecule has 3 heteroatoms. The molecule has 2 fully saturated rings. The summed E-state index contributed by atoms with van der Waals surface area (Å²) in [5.41, 5.74) is 0.176. The van der Waals surface area contributed by atoms with Gasteiger partial charge in [0.1, 0.15) is 0 Å². The number of carboxylic acid groups (broad SMARTS) is 1. The first kappa shape index (κ1) is 9.97. The summed E-state index contributed by atoms with van der Waals surface area (Å²) in [6.07, 6.45) is 0. The number of nitrogens with zero attached hydrogens (tertiary/aromatic N) is 1. The van der Waals surface area contributed by atoms with Crippen LogP contribution in [0.15, 0.2) is 0 Å². The summed E-state index contributed by atoms with van der Waals surface area (Å²) >= 11 is 0. The van der Waals surface area contributed by atoms with E-state index in [4.69, 9.17) is 5.11 Å². The summed E-state index contributed by atoms with van der Waals surface area (Å²) in [7, 11) is 0. The van der Waals surface area contributed by atoms with Gasteiger partial charge in [0.2, 0.25) is 0 Å². The Morgan fingerprint density at radius 1 is 1.43 bits per heavy atom. The lowest BCUT2D eigenvalue weighted by atomic mass is 10.0. The SMILES string of the molecule is CC1[C@H]2[C@@H](CN1C(C)(C)C)[C@@H]2C(=O)O. The zero-order valence-electron chi connectivity index (χ0n) is 9.32. The summed E-state index contributed by atoms with van der Waals surface area (Å²) in [6.45, 7) is 9.73. The first-order valence-corrected chi connectivity index (χ1v) is 5.33. The van der Waals surface area contributed by atoms with Crippen molar-refractivity contribution < 1.29 is 9.90 Å². The number of fused-ring (bicyclic) bond motifs is 1.